The van der Waals surface area contributed by atoms with Crippen LogP contribution in [0.3, 0.4) is 0 Å². The average molecular weight is 234 g/mol. The van der Waals surface area contributed by atoms with Crippen molar-refractivity contribution in [2.45, 2.75) is 19.8 Å². The van der Waals surface area contributed by atoms with Gasteiger partial charge in [0.25, 0.3) is 0 Å². The molecule has 1 saturated heterocycles. The smallest absolute Gasteiger partial charge is 0.138 e. The number of unbranched alkanes of at least 4 members (excludes halogenated alkanes) is 1. The Balaban J connectivity index is 1.89. The Morgan fingerprint density at radius 1 is 1.12 bits per heavy atom. The largest absolute Gasteiger partial charge is 0.506 e. The molecule has 0 aliphatic carbocycles. The quantitative estimate of drug-likeness (QED) is 0.866. The molecule has 1 fully saturated rings. The van der Waals surface area contributed by atoms with Gasteiger partial charge in [0.15, 0.2) is 0 Å². The van der Waals surface area contributed by atoms with Crippen molar-refractivity contribution >= 4 is 5.69 Å². The summed E-state index contributed by atoms with van der Waals surface area (Å²) in [5, 5.41) is 9.81. The van der Waals surface area contributed by atoms with Gasteiger partial charge in [-0.05, 0) is 25.1 Å². The molecule has 1 aliphatic heterocycles. The molecule has 1 aromatic rings. The zero-order valence-corrected chi connectivity index (χ0v) is 10.6. The molecule has 0 saturated carbocycles. The van der Waals surface area contributed by atoms with Crippen LogP contribution in [0.1, 0.15) is 19.8 Å². The van der Waals surface area contributed by atoms with E-state index < -0.39 is 0 Å². The number of hydrogen-bond donors (Lipinski definition) is 1. The van der Waals surface area contributed by atoms with Crippen LogP contribution in [0.4, 0.5) is 5.69 Å². The second-order valence-electron chi connectivity index (χ2n) is 4.67. The van der Waals surface area contributed by atoms with E-state index in [1.54, 1.807) is 6.07 Å². The van der Waals surface area contributed by atoms with Crippen molar-refractivity contribution in [3.8, 4) is 5.75 Å². The second-order valence-corrected chi connectivity index (χ2v) is 4.67. The van der Waals surface area contributed by atoms with Gasteiger partial charge in [-0.3, -0.25) is 4.90 Å². The number of phenolic OH excluding ortho intramolecular Hbond substituents is 1. The van der Waals surface area contributed by atoms with Crippen LogP contribution in [-0.4, -0.2) is 42.7 Å². The number of phenols is 1. The number of hydrogen-bond acceptors (Lipinski definition) is 3. The average Bonchev–Trinajstić information content (AvgIpc) is 2.38. The lowest BCUT2D eigenvalue weighted by atomic mass is 10.2. The van der Waals surface area contributed by atoms with Gasteiger partial charge < -0.3 is 10.0 Å². The summed E-state index contributed by atoms with van der Waals surface area (Å²) in [4.78, 5) is 4.79. The fourth-order valence-electron chi connectivity index (χ4n) is 2.33. The first-order chi connectivity index (χ1) is 8.31. The molecule has 3 heteroatoms. The minimum Gasteiger partial charge on any atom is -0.506 e. The van der Waals surface area contributed by atoms with Crippen molar-refractivity contribution in [1.29, 1.82) is 0 Å². The molecule has 1 aliphatic rings. The van der Waals surface area contributed by atoms with E-state index in [0.717, 1.165) is 31.9 Å². The molecule has 94 valence electrons. The van der Waals surface area contributed by atoms with Gasteiger partial charge in [0.1, 0.15) is 5.75 Å². The summed E-state index contributed by atoms with van der Waals surface area (Å²) in [7, 11) is 0. The maximum absolute atomic E-state index is 9.81. The second kappa shape index (κ2) is 5.92. The van der Waals surface area contributed by atoms with E-state index in [1.165, 1.54) is 19.4 Å². The maximum Gasteiger partial charge on any atom is 0.138 e. The topological polar surface area (TPSA) is 26.7 Å². The predicted octanol–water partition coefficient (Wildman–Crippen LogP) is 2.31. The van der Waals surface area contributed by atoms with Crippen LogP contribution in [0.15, 0.2) is 24.3 Å². The first-order valence-electron chi connectivity index (χ1n) is 6.56. The summed E-state index contributed by atoms with van der Waals surface area (Å²) in [5.74, 6) is 0.398. The van der Waals surface area contributed by atoms with E-state index in [-0.39, 0.29) is 0 Å². The van der Waals surface area contributed by atoms with Crippen LogP contribution in [0.2, 0.25) is 0 Å². The molecule has 0 radical (unpaired) electrons. The number of rotatable bonds is 4. The summed E-state index contributed by atoms with van der Waals surface area (Å²) in [6, 6.07) is 7.62. The number of anilines is 1. The van der Waals surface area contributed by atoms with Gasteiger partial charge >= 0.3 is 0 Å². The van der Waals surface area contributed by atoms with Crippen LogP contribution in [0.5, 0.6) is 5.75 Å². The fourth-order valence-corrected chi connectivity index (χ4v) is 2.33. The zero-order chi connectivity index (χ0) is 12.1. The lowest BCUT2D eigenvalue weighted by Crippen LogP contribution is -2.46. The highest BCUT2D eigenvalue weighted by Gasteiger charge is 2.18. The number of nitrogens with zero attached hydrogens (tertiary/aromatic N) is 2. The highest BCUT2D eigenvalue weighted by molar-refractivity contribution is 5.57. The fraction of sp³-hybridized carbons (Fsp3) is 0.571. The third kappa shape index (κ3) is 3.13. The van der Waals surface area contributed by atoms with Gasteiger partial charge in [-0.1, -0.05) is 25.5 Å². The van der Waals surface area contributed by atoms with Crippen molar-refractivity contribution in [2.75, 3.05) is 37.6 Å². The van der Waals surface area contributed by atoms with E-state index in [4.69, 9.17) is 0 Å². The predicted molar refractivity (Wildman–Crippen MR) is 71.7 cm³/mol. The van der Waals surface area contributed by atoms with Gasteiger partial charge in [0.05, 0.1) is 5.69 Å². The summed E-state index contributed by atoms with van der Waals surface area (Å²) < 4.78 is 0. The maximum atomic E-state index is 9.81. The van der Waals surface area contributed by atoms with E-state index in [2.05, 4.69) is 16.7 Å². The number of aromatic hydroxyl groups is 1. The highest BCUT2D eigenvalue weighted by atomic mass is 16.3. The number of piperazine rings is 1. The van der Waals surface area contributed by atoms with Crippen LogP contribution in [0, 0.1) is 0 Å². The van der Waals surface area contributed by atoms with E-state index in [1.807, 2.05) is 18.2 Å². The lowest BCUT2D eigenvalue weighted by molar-refractivity contribution is 0.253. The molecule has 1 N–H and O–H groups in total. The molecule has 17 heavy (non-hydrogen) atoms. The molecule has 0 atom stereocenters. The molecule has 0 amide bonds. The molecule has 1 heterocycles. The molecular weight excluding hydrogens is 212 g/mol. The van der Waals surface area contributed by atoms with Crippen molar-refractivity contribution in [1.82, 2.24) is 4.90 Å². The van der Waals surface area contributed by atoms with Gasteiger partial charge in [0.2, 0.25) is 0 Å². The first-order valence-corrected chi connectivity index (χ1v) is 6.56. The van der Waals surface area contributed by atoms with Crippen LogP contribution in [-0.2, 0) is 0 Å². The van der Waals surface area contributed by atoms with Crippen molar-refractivity contribution in [2.24, 2.45) is 0 Å². The lowest BCUT2D eigenvalue weighted by Gasteiger charge is -2.36. The molecule has 1 aromatic carbocycles. The van der Waals surface area contributed by atoms with Crippen molar-refractivity contribution in [3.63, 3.8) is 0 Å². The standard InChI is InChI=1S/C14H22N2O/c1-2-3-8-15-9-11-16(12-10-15)13-6-4-5-7-14(13)17/h4-7,17H,2-3,8-12H2,1H3. The third-order valence-electron chi connectivity index (χ3n) is 3.42. The molecule has 2 rings (SSSR count). The van der Waals surface area contributed by atoms with E-state index in [9.17, 15) is 5.11 Å². The van der Waals surface area contributed by atoms with Gasteiger partial charge in [-0.2, -0.15) is 0 Å². The van der Waals surface area contributed by atoms with Crippen LogP contribution < -0.4 is 4.90 Å². The normalized spacial score (nSPS) is 17.4. The highest BCUT2D eigenvalue weighted by Crippen LogP contribution is 2.27. The minimum atomic E-state index is 0.398. The first kappa shape index (κ1) is 12.2. The molecule has 0 aromatic heterocycles. The molecule has 0 spiro atoms. The van der Waals surface area contributed by atoms with Gasteiger partial charge in [-0.25, -0.2) is 0 Å². The summed E-state index contributed by atoms with van der Waals surface area (Å²) >= 11 is 0. The van der Waals surface area contributed by atoms with Gasteiger partial charge in [-0.15, -0.1) is 0 Å². The summed E-state index contributed by atoms with van der Waals surface area (Å²) in [6.07, 6.45) is 2.55. The SMILES string of the molecule is CCCCN1CCN(c2ccccc2O)CC1. The molecule has 3 nitrogen and oxygen atoms in total. The molecule has 0 bridgehead atoms. The van der Waals surface area contributed by atoms with Crippen LogP contribution >= 0.6 is 0 Å². The zero-order valence-electron chi connectivity index (χ0n) is 10.6. The third-order valence-corrected chi connectivity index (χ3v) is 3.42. The van der Waals surface area contributed by atoms with E-state index in [0.29, 0.717) is 5.75 Å². The number of para-hydroxylation sites is 2. The Kier molecular flexibility index (Phi) is 4.26. The Morgan fingerprint density at radius 3 is 2.47 bits per heavy atom. The Hall–Kier alpha value is -1.22. The Morgan fingerprint density at radius 2 is 1.82 bits per heavy atom. The number of benzene rings is 1. The monoisotopic (exact) mass is 234 g/mol. The minimum absolute atomic E-state index is 0.398. The van der Waals surface area contributed by atoms with E-state index >= 15 is 0 Å². The van der Waals surface area contributed by atoms with Crippen molar-refractivity contribution < 1.29 is 5.11 Å². The molecular formula is C14H22N2O. The Labute approximate surface area is 104 Å². The summed E-state index contributed by atoms with van der Waals surface area (Å²) in [6.45, 7) is 7.69. The van der Waals surface area contributed by atoms with Crippen LogP contribution in [0.25, 0.3) is 0 Å². The van der Waals surface area contributed by atoms with Gasteiger partial charge in [0, 0.05) is 26.2 Å². The van der Waals surface area contributed by atoms with Crippen molar-refractivity contribution in [3.05, 3.63) is 24.3 Å². The summed E-state index contributed by atoms with van der Waals surface area (Å²) in [5.41, 5.74) is 0.975. The Bertz CT molecular complexity index is 346. The molecule has 0 unspecified atom stereocenters.